The summed E-state index contributed by atoms with van der Waals surface area (Å²) in [7, 11) is 0.0902. The van der Waals surface area contributed by atoms with Crippen molar-refractivity contribution >= 4 is 27.2 Å². The fraction of sp³-hybridized carbons (Fsp3) is 0.154. The van der Waals surface area contributed by atoms with Crippen molar-refractivity contribution in [2.24, 2.45) is 0 Å². The van der Waals surface area contributed by atoms with E-state index in [1.807, 2.05) is 30.3 Å². The molecule has 0 atom stereocenters. The number of hydrogen-bond donors (Lipinski definition) is 1. The molecule has 2 rings (SSSR count). The highest BCUT2D eigenvalue weighted by atomic mass is 32.2. The van der Waals surface area contributed by atoms with Crippen molar-refractivity contribution in [3.05, 3.63) is 53.4 Å². The molecule has 0 spiro atoms. The van der Waals surface area contributed by atoms with Gasteiger partial charge in [-0.25, -0.2) is 0 Å². The van der Waals surface area contributed by atoms with E-state index in [0.717, 1.165) is 5.56 Å². The molecule has 6 heteroatoms. The summed E-state index contributed by atoms with van der Waals surface area (Å²) in [5, 5.41) is 1.74. The molecule has 0 amide bonds. The van der Waals surface area contributed by atoms with Crippen molar-refractivity contribution in [2.45, 2.75) is 4.21 Å². The molecule has 0 bridgehead atoms. The van der Waals surface area contributed by atoms with E-state index in [9.17, 15) is 8.42 Å². The van der Waals surface area contributed by atoms with Crippen molar-refractivity contribution in [1.82, 2.24) is 4.72 Å². The summed E-state index contributed by atoms with van der Waals surface area (Å²) in [6.45, 7) is 0. The lowest BCUT2D eigenvalue weighted by Gasteiger charge is -2.06. The number of nitrogens with zero attached hydrogens (tertiary/aromatic N) is 1. The van der Waals surface area contributed by atoms with E-state index in [2.05, 4.69) is 4.72 Å². The number of nitrogens with one attached hydrogen (secondary N) is 1. The second-order valence-corrected chi connectivity index (χ2v) is 7.00. The molecule has 0 aliphatic heterocycles. The molecular weight excluding hydrogens is 280 g/mol. The van der Waals surface area contributed by atoms with Crippen LogP contribution in [0, 0.1) is 0 Å². The van der Waals surface area contributed by atoms with Crippen LogP contribution in [0.25, 0.3) is 0 Å². The molecule has 1 aromatic heterocycles. The second-order valence-electron chi connectivity index (χ2n) is 4.15. The van der Waals surface area contributed by atoms with Crippen molar-refractivity contribution < 1.29 is 13.0 Å². The van der Waals surface area contributed by atoms with Gasteiger partial charge in [0.25, 0.3) is 5.84 Å². The zero-order chi connectivity index (χ0) is 13.9. The van der Waals surface area contributed by atoms with Crippen LogP contribution in [-0.2, 0) is 10.0 Å². The molecule has 0 saturated carbocycles. The Hall–Kier alpha value is -1.66. The minimum absolute atomic E-state index is 0.308. The Kier molecular flexibility index (Phi) is 4.01. The summed E-state index contributed by atoms with van der Waals surface area (Å²) >= 11 is 1.20. The number of hydrogen-bond acceptors (Lipinski definition) is 3. The number of benzene rings is 1. The number of thiophene rings is 1. The molecule has 1 aromatic carbocycles. The molecule has 0 aliphatic rings. The third kappa shape index (κ3) is 3.21. The van der Waals surface area contributed by atoms with E-state index < -0.39 is 10.0 Å². The predicted octanol–water partition coefficient (Wildman–Crippen LogP) is 1.75. The van der Waals surface area contributed by atoms with E-state index in [0.29, 0.717) is 10.0 Å². The largest absolute Gasteiger partial charge is 0.338 e. The highest BCUT2D eigenvalue weighted by Crippen LogP contribution is 2.15. The molecule has 1 heterocycles. The minimum atomic E-state index is -3.52. The Morgan fingerprint density at radius 2 is 1.79 bits per heavy atom. The van der Waals surface area contributed by atoms with Crippen molar-refractivity contribution in [3.63, 3.8) is 0 Å². The molecule has 0 fully saturated rings. The molecule has 2 aromatic rings. The van der Waals surface area contributed by atoms with Gasteiger partial charge in [-0.2, -0.15) is 13.1 Å². The zero-order valence-electron chi connectivity index (χ0n) is 10.7. The van der Waals surface area contributed by atoms with Crippen LogP contribution in [0.1, 0.15) is 5.56 Å². The van der Waals surface area contributed by atoms with Gasteiger partial charge in [0.15, 0.2) is 4.21 Å². The normalized spacial score (nSPS) is 11.1. The summed E-state index contributed by atoms with van der Waals surface area (Å²) in [6, 6.07) is 12.7. The Balaban J connectivity index is 2.38. The monoisotopic (exact) mass is 295 g/mol. The lowest BCUT2D eigenvalue weighted by molar-refractivity contribution is -0.465. The molecule has 19 heavy (non-hydrogen) atoms. The smallest absolute Gasteiger partial charge is 0.266 e. The average Bonchev–Trinajstić information content (AvgIpc) is 2.91. The van der Waals surface area contributed by atoms with E-state index in [1.165, 1.54) is 11.3 Å². The standard InChI is InChI=1S/C13H14N2O2S2/c1-15(2)13(11-7-4-3-5-8-11)14-19(16,17)12-9-6-10-18-12/h3-10H,1-2H3/p+1. The van der Waals surface area contributed by atoms with Crippen LogP contribution in [-0.4, -0.2) is 32.9 Å². The first-order valence-corrected chi connectivity index (χ1v) is 8.03. The summed E-state index contributed by atoms with van der Waals surface area (Å²) in [5.74, 6) is 0.550. The van der Waals surface area contributed by atoms with Gasteiger partial charge in [-0.15, -0.1) is 11.3 Å². The van der Waals surface area contributed by atoms with Crippen LogP contribution < -0.4 is 4.72 Å². The highest BCUT2D eigenvalue weighted by Gasteiger charge is 2.25. The van der Waals surface area contributed by atoms with Gasteiger partial charge in [0, 0.05) is 0 Å². The third-order valence-electron chi connectivity index (χ3n) is 2.49. The molecule has 4 nitrogen and oxygen atoms in total. The van der Waals surface area contributed by atoms with Gasteiger partial charge in [0.2, 0.25) is 0 Å². The Morgan fingerprint density at radius 1 is 1.11 bits per heavy atom. The fourth-order valence-corrected chi connectivity index (χ4v) is 3.76. The number of amidine groups is 1. The summed E-state index contributed by atoms with van der Waals surface area (Å²) in [4.78, 5) is 0. The van der Waals surface area contributed by atoms with E-state index in [4.69, 9.17) is 0 Å². The maximum atomic E-state index is 12.2. The van der Waals surface area contributed by atoms with Crippen LogP contribution in [0.3, 0.4) is 0 Å². The third-order valence-corrected chi connectivity index (χ3v) is 5.22. The van der Waals surface area contributed by atoms with E-state index >= 15 is 0 Å². The van der Waals surface area contributed by atoms with Gasteiger partial charge in [-0.3, -0.25) is 4.58 Å². The zero-order valence-corrected chi connectivity index (χ0v) is 12.3. The second kappa shape index (κ2) is 5.54. The summed E-state index contributed by atoms with van der Waals surface area (Å²) in [6.07, 6.45) is 0. The summed E-state index contributed by atoms with van der Waals surface area (Å²) < 4.78 is 29.2. The van der Waals surface area contributed by atoms with Crippen molar-refractivity contribution in [3.8, 4) is 0 Å². The molecule has 1 N–H and O–H groups in total. The molecule has 0 unspecified atom stereocenters. The minimum Gasteiger partial charge on any atom is -0.266 e. The molecular formula is C13H15N2O2S2+. The number of sulfonamides is 1. The molecule has 0 saturated heterocycles. The van der Waals surface area contributed by atoms with Gasteiger partial charge in [0.1, 0.15) is 0 Å². The Bertz CT molecular complexity index is 671. The lowest BCUT2D eigenvalue weighted by atomic mass is 10.2. The van der Waals surface area contributed by atoms with Crippen LogP contribution in [0.4, 0.5) is 0 Å². The van der Waals surface area contributed by atoms with Crippen LogP contribution in [0.15, 0.2) is 52.1 Å². The first kappa shape index (κ1) is 13.8. The topological polar surface area (TPSA) is 49.2 Å². The van der Waals surface area contributed by atoms with Crippen LogP contribution >= 0.6 is 11.3 Å². The Morgan fingerprint density at radius 3 is 2.32 bits per heavy atom. The van der Waals surface area contributed by atoms with Gasteiger partial charge >= 0.3 is 10.0 Å². The van der Waals surface area contributed by atoms with Crippen LogP contribution in [0.2, 0.25) is 0 Å². The first-order chi connectivity index (χ1) is 9.00. The van der Waals surface area contributed by atoms with E-state index in [1.54, 1.807) is 36.2 Å². The molecule has 100 valence electrons. The summed E-state index contributed by atoms with van der Waals surface area (Å²) in [5.41, 5.74) is 0.827. The Labute approximate surface area is 117 Å². The first-order valence-electron chi connectivity index (χ1n) is 5.67. The van der Waals surface area contributed by atoms with Crippen molar-refractivity contribution in [2.75, 3.05) is 14.1 Å². The molecule has 0 aliphatic carbocycles. The van der Waals surface area contributed by atoms with Gasteiger partial charge in [-0.05, 0) is 29.6 Å². The lowest BCUT2D eigenvalue weighted by Crippen LogP contribution is -2.36. The van der Waals surface area contributed by atoms with Crippen molar-refractivity contribution in [1.29, 1.82) is 0 Å². The van der Waals surface area contributed by atoms with Gasteiger partial charge < -0.3 is 0 Å². The maximum absolute atomic E-state index is 12.2. The number of rotatable bonds is 3. The average molecular weight is 295 g/mol. The SMILES string of the molecule is C[N+](C)=C(NS(=O)(=O)c1cccs1)c1ccccc1. The quantitative estimate of drug-likeness (QED) is 0.533. The van der Waals surface area contributed by atoms with Gasteiger partial charge in [-0.1, -0.05) is 18.2 Å². The predicted molar refractivity (Wildman–Crippen MR) is 77.3 cm³/mol. The highest BCUT2D eigenvalue weighted by molar-refractivity contribution is 7.92. The molecule has 0 radical (unpaired) electrons. The maximum Gasteiger partial charge on any atom is 0.338 e. The van der Waals surface area contributed by atoms with E-state index in [-0.39, 0.29) is 0 Å². The van der Waals surface area contributed by atoms with Crippen LogP contribution in [0.5, 0.6) is 0 Å². The fourth-order valence-electron chi connectivity index (χ4n) is 1.60. The van der Waals surface area contributed by atoms with Gasteiger partial charge in [0.05, 0.1) is 19.7 Å².